The Hall–Kier alpha value is -2.19. The predicted octanol–water partition coefficient (Wildman–Crippen LogP) is 4.76. The molecule has 0 radical (unpaired) electrons. The second kappa shape index (κ2) is 7.82. The third-order valence-corrected chi connectivity index (χ3v) is 6.03. The van der Waals surface area contributed by atoms with Gasteiger partial charge < -0.3 is 0 Å². The van der Waals surface area contributed by atoms with E-state index in [2.05, 4.69) is 25.8 Å². The Bertz CT molecular complexity index is 1050. The first-order chi connectivity index (χ1) is 12.8. The number of anilines is 1. The summed E-state index contributed by atoms with van der Waals surface area (Å²) >= 11 is 3.30. The number of hydrogen-bond donors (Lipinski definition) is 1. The van der Waals surface area contributed by atoms with E-state index in [1.165, 1.54) is 10.7 Å². The van der Waals surface area contributed by atoms with E-state index < -0.39 is 10.0 Å². The van der Waals surface area contributed by atoms with E-state index in [1.807, 2.05) is 13.8 Å². The molecule has 142 valence electrons. The molecule has 8 heteroatoms. The van der Waals surface area contributed by atoms with Gasteiger partial charge in [-0.05, 0) is 45.6 Å². The molecule has 0 aliphatic heterocycles. The zero-order chi connectivity index (χ0) is 19.6. The Labute approximate surface area is 166 Å². The van der Waals surface area contributed by atoms with Crippen molar-refractivity contribution in [3.8, 4) is 0 Å². The van der Waals surface area contributed by atoms with Crippen molar-refractivity contribution in [2.24, 2.45) is 0 Å². The maximum Gasteiger partial charge on any atom is 0.263 e. The lowest BCUT2D eigenvalue weighted by atomic mass is 10.0. The fraction of sp³-hybridized carbons (Fsp3) is 0.211. The van der Waals surface area contributed by atoms with Gasteiger partial charge in [0.2, 0.25) is 0 Å². The van der Waals surface area contributed by atoms with Crippen LogP contribution in [0.1, 0.15) is 30.9 Å². The molecule has 0 unspecified atom stereocenters. The first kappa shape index (κ1) is 19.6. The maximum absolute atomic E-state index is 13.8. The number of sulfonamides is 1. The average Bonchev–Trinajstić information content (AvgIpc) is 2.95. The van der Waals surface area contributed by atoms with Crippen LogP contribution >= 0.6 is 15.9 Å². The van der Waals surface area contributed by atoms with E-state index in [0.717, 1.165) is 5.56 Å². The van der Waals surface area contributed by atoms with Gasteiger partial charge in [0.1, 0.15) is 5.82 Å². The van der Waals surface area contributed by atoms with Crippen LogP contribution in [0.25, 0.3) is 0 Å². The molecule has 0 spiro atoms. The van der Waals surface area contributed by atoms with Crippen LogP contribution in [0, 0.1) is 5.82 Å². The lowest BCUT2D eigenvalue weighted by Crippen LogP contribution is -2.14. The monoisotopic (exact) mass is 451 g/mol. The highest BCUT2D eigenvalue weighted by molar-refractivity contribution is 9.10. The molecule has 1 N–H and O–H groups in total. The second-order valence-corrected chi connectivity index (χ2v) is 8.98. The number of rotatable bonds is 6. The molecule has 0 aliphatic rings. The van der Waals surface area contributed by atoms with Crippen LogP contribution in [0.3, 0.4) is 0 Å². The minimum atomic E-state index is -3.78. The highest BCUT2D eigenvalue weighted by atomic mass is 79.9. The maximum atomic E-state index is 13.8. The number of nitrogens with zero attached hydrogens (tertiary/aromatic N) is 2. The van der Waals surface area contributed by atoms with E-state index in [1.54, 1.807) is 48.7 Å². The lowest BCUT2D eigenvalue weighted by molar-refractivity contribution is 0.585. The molecule has 0 saturated heterocycles. The lowest BCUT2D eigenvalue weighted by Gasteiger charge is -2.09. The Morgan fingerprint density at radius 1 is 1.15 bits per heavy atom. The zero-order valence-electron chi connectivity index (χ0n) is 14.9. The van der Waals surface area contributed by atoms with Crippen molar-refractivity contribution in [1.29, 1.82) is 0 Å². The van der Waals surface area contributed by atoms with Crippen molar-refractivity contribution in [2.45, 2.75) is 31.2 Å². The first-order valence-corrected chi connectivity index (χ1v) is 10.6. The summed E-state index contributed by atoms with van der Waals surface area (Å²) in [6, 6.07) is 13.1. The van der Waals surface area contributed by atoms with E-state index in [-0.39, 0.29) is 23.1 Å². The topological polar surface area (TPSA) is 64.0 Å². The van der Waals surface area contributed by atoms with E-state index in [4.69, 9.17) is 0 Å². The summed E-state index contributed by atoms with van der Waals surface area (Å²) in [4.78, 5) is 0.155. The van der Waals surface area contributed by atoms with Gasteiger partial charge in [-0.15, -0.1) is 0 Å². The van der Waals surface area contributed by atoms with Gasteiger partial charge in [-0.1, -0.05) is 44.2 Å². The quantitative estimate of drug-likeness (QED) is 0.587. The summed E-state index contributed by atoms with van der Waals surface area (Å²) in [5.41, 5.74) is 1.52. The van der Waals surface area contributed by atoms with Gasteiger partial charge >= 0.3 is 0 Å². The van der Waals surface area contributed by atoms with Gasteiger partial charge in [-0.25, -0.2) is 12.8 Å². The Morgan fingerprint density at radius 3 is 2.44 bits per heavy atom. The Balaban J connectivity index is 1.81. The minimum absolute atomic E-state index is 0.152. The number of hydrogen-bond acceptors (Lipinski definition) is 3. The molecular weight excluding hydrogens is 433 g/mol. The molecule has 2 aromatic carbocycles. The fourth-order valence-corrected chi connectivity index (χ4v) is 4.13. The second-order valence-electron chi connectivity index (χ2n) is 6.44. The van der Waals surface area contributed by atoms with Crippen LogP contribution in [0.5, 0.6) is 0 Å². The van der Waals surface area contributed by atoms with Gasteiger partial charge in [0.05, 0.1) is 15.9 Å². The van der Waals surface area contributed by atoms with Crippen molar-refractivity contribution in [2.75, 3.05) is 4.72 Å². The third kappa shape index (κ3) is 4.56. The molecule has 5 nitrogen and oxygen atoms in total. The largest absolute Gasteiger partial charge is 0.265 e. The molecule has 3 rings (SSSR count). The van der Waals surface area contributed by atoms with E-state index in [9.17, 15) is 12.8 Å². The molecule has 0 fully saturated rings. The minimum Gasteiger partial charge on any atom is -0.265 e. The molecule has 0 atom stereocenters. The number of aromatic nitrogens is 2. The van der Waals surface area contributed by atoms with Crippen molar-refractivity contribution in [3.63, 3.8) is 0 Å². The van der Waals surface area contributed by atoms with Gasteiger partial charge in [-0.2, -0.15) is 5.10 Å². The van der Waals surface area contributed by atoms with E-state index >= 15 is 0 Å². The number of nitrogens with one attached hydrogen (secondary N) is 1. The van der Waals surface area contributed by atoms with Gasteiger partial charge in [0.25, 0.3) is 10.0 Å². The molecule has 0 saturated carbocycles. The van der Waals surface area contributed by atoms with Crippen LogP contribution < -0.4 is 4.72 Å². The van der Waals surface area contributed by atoms with Crippen molar-refractivity contribution >= 4 is 31.8 Å². The highest BCUT2D eigenvalue weighted by Gasteiger charge is 2.18. The van der Waals surface area contributed by atoms with Crippen LogP contribution in [0.15, 0.2) is 64.1 Å². The predicted molar refractivity (Wildman–Crippen MR) is 107 cm³/mol. The third-order valence-electron chi connectivity index (χ3n) is 4.10. The molecule has 27 heavy (non-hydrogen) atoms. The SMILES string of the molecule is CC(C)c1ccc(S(=O)(=O)Nc2nn(Cc3ccccc3F)cc2Br)cc1. The van der Waals surface area contributed by atoms with E-state index in [0.29, 0.717) is 16.0 Å². The summed E-state index contributed by atoms with van der Waals surface area (Å²) in [7, 11) is -3.78. The summed E-state index contributed by atoms with van der Waals surface area (Å²) in [6.45, 7) is 4.28. The van der Waals surface area contributed by atoms with Crippen molar-refractivity contribution < 1.29 is 12.8 Å². The van der Waals surface area contributed by atoms with Crippen molar-refractivity contribution in [3.05, 3.63) is 76.1 Å². The fourth-order valence-electron chi connectivity index (χ4n) is 2.57. The standard InChI is InChI=1S/C19H19BrFN3O2S/c1-13(2)14-7-9-16(10-8-14)27(25,26)23-19-17(20)12-24(22-19)11-15-5-3-4-6-18(15)21/h3-10,12-13H,11H2,1-2H3,(H,22,23). The molecule has 1 aromatic heterocycles. The molecule has 1 heterocycles. The van der Waals surface area contributed by atoms with Crippen LogP contribution in [-0.4, -0.2) is 18.2 Å². The zero-order valence-corrected chi connectivity index (χ0v) is 17.3. The highest BCUT2D eigenvalue weighted by Crippen LogP contribution is 2.25. The number of benzene rings is 2. The first-order valence-electron chi connectivity index (χ1n) is 8.35. The van der Waals surface area contributed by atoms with Crippen LogP contribution in [0.2, 0.25) is 0 Å². The summed E-state index contributed by atoms with van der Waals surface area (Å²) in [5, 5.41) is 4.22. The molecular formula is C19H19BrFN3O2S. The van der Waals surface area contributed by atoms with Gasteiger partial charge in [-0.3, -0.25) is 9.40 Å². The molecule has 0 aliphatic carbocycles. The molecule has 0 bridgehead atoms. The van der Waals surface area contributed by atoms with Gasteiger partial charge in [0, 0.05) is 11.8 Å². The summed E-state index contributed by atoms with van der Waals surface area (Å²) in [6.07, 6.45) is 1.60. The summed E-state index contributed by atoms with van der Waals surface area (Å²) in [5.74, 6) is 0.133. The Morgan fingerprint density at radius 2 is 1.81 bits per heavy atom. The van der Waals surface area contributed by atoms with Crippen LogP contribution in [-0.2, 0) is 16.6 Å². The Kier molecular flexibility index (Phi) is 5.67. The molecule has 0 amide bonds. The molecule has 3 aromatic rings. The van der Waals surface area contributed by atoms with Gasteiger partial charge in [0.15, 0.2) is 5.82 Å². The smallest absolute Gasteiger partial charge is 0.263 e. The average molecular weight is 452 g/mol. The number of halogens is 2. The summed E-state index contributed by atoms with van der Waals surface area (Å²) < 4.78 is 43.5. The normalized spacial score (nSPS) is 11.7. The van der Waals surface area contributed by atoms with Crippen molar-refractivity contribution in [1.82, 2.24) is 9.78 Å². The van der Waals surface area contributed by atoms with Crippen LogP contribution in [0.4, 0.5) is 10.2 Å².